The van der Waals surface area contributed by atoms with E-state index in [0.717, 1.165) is 5.57 Å². The van der Waals surface area contributed by atoms with Crippen LogP contribution in [0.2, 0.25) is 0 Å². The second-order valence-electron chi connectivity index (χ2n) is 2.69. The van der Waals surface area contributed by atoms with Crippen molar-refractivity contribution < 1.29 is 17.9 Å². The van der Waals surface area contributed by atoms with Gasteiger partial charge in [0.05, 0.1) is 0 Å². The van der Waals surface area contributed by atoms with Gasteiger partial charge in [-0.25, -0.2) is 0 Å². The van der Waals surface area contributed by atoms with Gasteiger partial charge in [-0.15, -0.1) is 13.2 Å². The lowest BCUT2D eigenvalue weighted by atomic mass is 10.2. The van der Waals surface area contributed by atoms with E-state index in [0.29, 0.717) is 0 Å². The van der Waals surface area contributed by atoms with Gasteiger partial charge in [0, 0.05) is 6.42 Å². The SMILES string of the molecule is CC1=CCC(OC(F)(F)F)=CC=C1. The normalized spacial score (nSPS) is 17.5. The highest BCUT2D eigenvalue weighted by Crippen LogP contribution is 2.24. The molecule has 1 aliphatic rings. The summed E-state index contributed by atoms with van der Waals surface area (Å²) in [7, 11) is 0. The predicted octanol–water partition coefficient (Wildman–Crippen LogP) is 3.31. The monoisotopic (exact) mass is 190 g/mol. The number of alkyl halides is 3. The zero-order valence-electron chi connectivity index (χ0n) is 7.06. The van der Waals surface area contributed by atoms with Crippen molar-refractivity contribution >= 4 is 0 Å². The van der Waals surface area contributed by atoms with Crippen molar-refractivity contribution in [3.8, 4) is 0 Å². The molecular weight excluding hydrogens is 181 g/mol. The first kappa shape index (κ1) is 9.89. The van der Waals surface area contributed by atoms with Gasteiger partial charge in [0.25, 0.3) is 0 Å². The van der Waals surface area contributed by atoms with Crippen LogP contribution >= 0.6 is 0 Å². The third kappa shape index (κ3) is 3.83. The number of hydrogen-bond donors (Lipinski definition) is 0. The van der Waals surface area contributed by atoms with Crippen LogP contribution in [0.15, 0.2) is 35.6 Å². The minimum atomic E-state index is -4.59. The van der Waals surface area contributed by atoms with Crippen LogP contribution < -0.4 is 0 Å². The summed E-state index contributed by atoms with van der Waals surface area (Å²) in [5.41, 5.74) is 0.928. The first-order valence-electron chi connectivity index (χ1n) is 3.77. The van der Waals surface area contributed by atoms with E-state index in [1.807, 2.05) is 6.92 Å². The molecule has 0 aromatic carbocycles. The van der Waals surface area contributed by atoms with Crippen molar-refractivity contribution in [2.24, 2.45) is 0 Å². The van der Waals surface area contributed by atoms with E-state index in [9.17, 15) is 13.2 Å². The highest BCUT2D eigenvalue weighted by Gasteiger charge is 2.31. The Hall–Kier alpha value is -1.19. The zero-order valence-corrected chi connectivity index (χ0v) is 7.06. The summed E-state index contributed by atoms with van der Waals surface area (Å²) in [6, 6.07) is 0. The average Bonchev–Trinajstić information content (AvgIpc) is 2.12. The van der Waals surface area contributed by atoms with Crippen LogP contribution in [-0.4, -0.2) is 6.36 Å². The third-order valence-corrected chi connectivity index (χ3v) is 1.51. The summed E-state index contributed by atoms with van der Waals surface area (Å²) in [6.07, 6.45) is 1.86. The first-order chi connectivity index (χ1) is 5.97. The predicted molar refractivity (Wildman–Crippen MR) is 42.7 cm³/mol. The van der Waals surface area contributed by atoms with Crippen LogP contribution in [0, 0.1) is 0 Å². The minimum absolute atomic E-state index is 0.0828. The van der Waals surface area contributed by atoms with Crippen molar-refractivity contribution in [2.45, 2.75) is 19.7 Å². The first-order valence-corrected chi connectivity index (χ1v) is 3.77. The topological polar surface area (TPSA) is 9.23 Å². The largest absolute Gasteiger partial charge is 0.572 e. The van der Waals surface area contributed by atoms with Gasteiger partial charge in [-0.2, -0.15) is 0 Å². The molecule has 1 aliphatic carbocycles. The molecule has 0 N–H and O–H groups in total. The molecule has 0 atom stereocenters. The molecule has 0 saturated carbocycles. The van der Waals surface area contributed by atoms with Gasteiger partial charge in [-0.1, -0.05) is 23.8 Å². The van der Waals surface area contributed by atoms with Gasteiger partial charge in [-0.05, 0) is 13.0 Å². The van der Waals surface area contributed by atoms with Crippen molar-refractivity contribution in [1.82, 2.24) is 0 Å². The van der Waals surface area contributed by atoms with E-state index in [1.165, 1.54) is 6.08 Å². The summed E-state index contributed by atoms with van der Waals surface area (Å²) in [4.78, 5) is 0. The molecule has 0 saturated heterocycles. The Morgan fingerprint density at radius 2 is 2.08 bits per heavy atom. The standard InChI is InChI=1S/C9H9F3O/c1-7-3-2-4-8(6-5-7)13-9(10,11)12/h2-5H,6H2,1H3. The molecule has 1 nitrogen and oxygen atoms in total. The molecule has 0 fully saturated rings. The molecule has 0 amide bonds. The highest BCUT2D eigenvalue weighted by atomic mass is 19.4. The van der Waals surface area contributed by atoms with Gasteiger partial charge in [0.2, 0.25) is 0 Å². The Balaban J connectivity index is 2.64. The number of rotatable bonds is 1. The van der Waals surface area contributed by atoms with Crippen LogP contribution in [0.25, 0.3) is 0 Å². The summed E-state index contributed by atoms with van der Waals surface area (Å²) in [5, 5.41) is 0. The second-order valence-corrected chi connectivity index (χ2v) is 2.69. The maximum absolute atomic E-state index is 11.8. The maximum atomic E-state index is 11.8. The molecule has 0 aromatic rings. The van der Waals surface area contributed by atoms with Crippen molar-refractivity contribution in [3.63, 3.8) is 0 Å². The summed E-state index contributed by atoms with van der Waals surface area (Å²) in [5.74, 6) is -0.0828. The van der Waals surface area contributed by atoms with Crippen molar-refractivity contribution in [2.75, 3.05) is 0 Å². The fourth-order valence-corrected chi connectivity index (χ4v) is 0.929. The number of hydrogen-bond acceptors (Lipinski definition) is 1. The number of halogens is 3. The fourth-order valence-electron chi connectivity index (χ4n) is 0.929. The van der Waals surface area contributed by atoms with Gasteiger partial charge in [0.15, 0.2) is 0 Å². The lowest BCUT2D eigenvalue weighted by molar-refractivity contribution is -0.305. The Morgan fingerprint density at radius 1 is 1.38 bits per heavy atom. The summed E-state index contributed by atoms with van der Waals surface area (Å²) in [6.45, 7) is 1.82. The molecular formula is C9H9F3O. The van der Waals surface area contributed by atoms with E-state index in [1.54, 1.807) is 18.2 Å². The van der Waals surface area contributed by atoms with E-state index in [4.69, 9.17) is 0 Å². The average molecular weight is 190 g/mol. The number of ether oxygens (including phenoxy) is 1. The van der Waals surface area contributed by atoms with Crippen molar-refractivity contribution in [3.05, 3.63) is 35.6 Å². The molecule has 72 valence electrons. The highest BCUT2D eigenvalue weighted by molar-refractivity contribution is 5.26. The Labute approximate surface area is 74.2 Å². The molecule has 0 bridgehead atoms. The molecule has 13 heavy (non-hydrogen) atoms. The Bertz CT molecular complexity index is 268. The molecule has 0 unspecified atom stereocenters. The lowest BCUT2D eigenvalue weighted by Crippen LogP contribution is -2.12. The zero-order chi connectivity index (χ0) is 9.90. The molecule has 4 heteroatoms. The quantitative estimate of drug-likeness (QED) is 0.616. The Kier molecular flexibility index (Phi) is 2.80. The minimum Gasteiger partial charge on any atom is -0.410 e. The molecule has 0 aliphatic heterocycles. The summed E-state index contributed by atoms with van der Waals surface area (Å²) < 4.78 is 39.1. The second kappa shape index (κ2) is 3.68. The molecule has 0 spiro atoms. The van der Waals surface area contributed by atoms with Crippen LogP contribution in [-0.2, 0) is 4.74 Å². The molecule has 0 radical (unpaired) electrons. The smallest absolute Gasteiger partial charge is 0.410 e. The summed E-state index contributed by atoms with van der Waals surface area (Å²) >= 11 is 0. The van der Waals surface area contributed by atoms with E-state index in [-0.39, 0.29) is 12.2 Å². The van der Waals surface area contributed by atoms with E-state index < -0.39 is 6.36 Å². The van der Waals surface area contributed by atoms with Gasteiger partial charge in [-0.3, -0.25) is 0 Å². The van der Waals surface area contributed by atoms with E-state index in [2.05, 4.69) is 4.74 Å². The van der Waals surface area contributed by atoms with E-state index >= 15 is 0 Å². The molecule has 0 aromatic heterocycles. The van der Waals surface area contributed by atoms with Crippen LogP contribution in [0.4, 0.5) is 13.2 Å². The van der Waals surface area contributed by atoms with Gasteiger partial charge < -0.3 is 4.74 Å². The third-order valence-electron chi connectivity index (χ3n) is 1.51. The molecule has 1 rings (SSSR count). The van der Waals surface area contributed by atoms with Gasteiger partial charge >= 0.3 is 6.36 Å². The fraction of sp³-hybridized carbons (Fsp3) is 0.333. The molecule has 0 heterocycles. The van der Waals surface area contributed by atoms with Gasteiger partial charge in [0.1, 0.15) is 5.76 Å². The number of allylic oxidation sites excluding steroid dienone is 5. The maximum Gasteiger partial charge on any atom is 0.572 e. The van der Waals surface area contributed by atoms with Crippen LogP contribution in [0.1, 0.15) is 13.3 Å². The van der Waals surface area contributed by atoms with Crippen molar-refractivity contribution in [1.29, 1.82) is 0 Å². The Morgan fingerprint density at radius 3 is 2.69 bits per heavy atom. The van der Waals surface area contributed by atoms with Crippen LogP contribution in [0.3, 0.4) is 0 Å². The lowest BCUT2D eigenvalue weighted by Gasteiger charge is -2.09. The van der Waals surface area contributed by atoms with Crippen LogP contribution in [0.5, 0.6) is 0 Å².